The molecule has 2 aliphatic heterocycles. The van der Waals surface area contributed by atoms with E-state index in [-0.39, 0.29) is 63.7 Å². The molecule has 2 fully saturated rings. The minimum absolute atomic E-state index is 0.0841. The Balaban J connectivity index is 1.52. The fraction of sp³-hybridized carbons (Fsp3) is 0.316. The van der Waals surface area contributed by atoms with Crippen molar-refractivity contribution in [3.63, 3.8) is 0 Å². The van der Waals surface area contributed by atoms with Gasteiger partial charge in [-0.05, 0) is 0 Å². The Labute approximate surface area is 287 Å². The first-order chi connectivity index (χ1) is 23.4. The van der Waals surface area contributed by atoms with Gasteiger partial charge in [-0.25, -0.2) is 0 Å². The van der Waals surface area contributed by atoms with E-state index in [4.69, 9.17) is 9.47 Å². The van der Waals surface area contributed by atoms with Crippen molar-refractivity contribution in [3.8, 4) is 0 Å². The summed E-state index contributed by atoms with van der Waals surface area (Å²) in [5, 5.41) is 0. The van der Waals surface area contributed by atoms with Gasteiger partial charge in [0.05, 0.1) is 0 Å². The average molecular weight is 711 g/mol. The molecule has 11 heteroatoms. The SMILES string of the molecule is C=CCOCC1(C)CN(c2ccc(F)[c]([Ti]([C]3=CC=CC3)([C]3=CC=CC3)[c]3c(F)ccc(N4CC(C)(COCC=C)C4=O)c3F)c2F)C1=O. The summed E-state index contributed by atoms with van der Waals surface area (Å²) in [7, 11) is 0. The van der Waals surface area contributed by atoms with Gasteiger partial charge in [0.2, 0.25) is 0 Å². The molecule has 2 saturated heterocycles. The summed E-state index contributed by atoms with van der Waals surface area (Å²) in [4.78, 5) is 29.4. The second-order valence-corrected chi connectivity index (χ2v) is 19.3. The van der Waals surface area contributed by atoms with E-state index in [1.54, 1.807) is 62.5 Å². The molecule has 0 aromatic heterocycles. The number of benzene rings is 2. The molecule has 0 spiro atoms. The van der Waals surface area contributed by atoms with Crippen molar-refractivity contribution in [2.45, 2.75) is 26.7 Å². The van der Waals surface area contributed by atoms with Crippen molar-refractivity contribution in [3.05, 3.63) is 117 Å². The van der Waals surface area contributed by atoms with Gasteiger partial charge in [-0.2, -0.15) is 0 Å². The number of carbonyl (C=O) groups is 2. The van der Waals surface area contributed by atoms with E-state index in [9.17, 15) is 9.59 Å². The van der Waals surface area contributed by atoms with Crippen molar-refractivity contribution in [2.24, 2.45) is 10.8 Å². The molecular formula is C38H38F4N2O4Ti. The number of amides is 2. The molecule has 6 rings (SSSR count). The van der Waals surface area contributed by atoms with Crippen LogP contribution in [0.4, 0.5) is 28.9 Å². The van der Waals surface area contributed by atoms with Gasteiger partial charge >= 0.3 is 288 Å². The molecule has 2 aromatic carbocycles. The Kier molecular flexibility index (Phi) is 9.63. The summed E-state index contributed by atoms with van der Waals surface area (Å²) in [6.07, 6.45) is 14.0. The summed E-state index contributed by atoms with van der Waals surface area (Å²) in [5.41, 5.74) is -2.19. The van der Waals surface area contributed by atoms with Crippen LogP contribution in [0.1, 0.15) is 26.7 Å². The van der Waals surface area contributed by atoms with Gasteiger partial charge in [0.25, 0.3) is 0 Å². The topological polar surface area (TPSA) is 59.1 Å². The monoisotopic (exact) mass is 710 g/mol. The Morgan fingerprint density at radius 1 is 0.735 bits per heavy atom. The summed E-state index contributed by atoms with van der Waals surface area (Å²) >= 11 is -5.21. The molecule has 2 unspecified atom stereocenters. The normalized spacial score (nSPS) is 23.1. The summed E-state index contributed by atoms with van der Waals surface area (Å²) in [5.74, 6) is -4.79. The Hall–Kier alpha value is -3.83. The van der Waals surface area contributed by atoms with Crippen molar-refractivity contribution in [1.29, 1.82) is 0 Å². The van der Waals surface area contributed by atoms with E-state index in [1.807, 2.05) is 0 Å². The molecule has 2 aliphatic carbocycles. The van der Waals surface area contributed by atoms with Crippen LogP contribution >= 0.6 is 0 Å². The van der Waals surface area contributed by atoms with E-state index in [0.29, 0.717) is 7.76 Å². The maximum absolute atomic E-state index is 17.3. The number of β-lactam (4-membered cyclic amide) rings is 2. The summed E-state index contributed by atoms with van der Waals surface area (Å²) < 4.78 is 78.8. The molecule has 6 nitrogen and oxygen atoms in total. The van der Waals surface area contributed by atoms with E-state index in [1.165, 1.54) is 21.9 Å². The first-order valence-electron chi connectivity index (χ1n) is 16.1. The predicted molar refractivity (Wildman–Crippen MR) is 179 cm³/mol. The molecule has 0 bridgehead atoms. The van der Waals surface area contributed by atoms with Crippen LogP contribution in [0, 0.1) is 34.1 Å². The number of carbonyl (C=O) groups excluding carboxylic acids is 2. The van der Waals surface area contributed by atoms with Gasteiger partial charge < -0.3 is 0 Å². The van der Waals surface area contributed by atoms with E-state index in [0.717, 1.165) is 12.1 Å². The molecule has 0 saturated carbocycles. The fourth-order valence-corrected chi connectivity index (χ4v) is 15.6. The quantitative estimate of drug-likeness (QED) is 0.0777. The molecule has 2 aromatic rings. The number of halogens is 4. The first kappa shape index (κ1) is 35.0. The van der Waals surface area contributed by atoms with E-state index in [2.05, 4.69) is 13.2 Å². The zero-order chi connectivity index (χ0) is 35.1. The zero-order valence-corrected chi connectivity index (χ0v) is 29.1. The molecule has 0 radical (unpaired) electrons. The number of nitrogens with zero attached hydrogens (tertiary/aromatic N) is 2. The third-order valence-corrected chi connectivity index (χ3v) is 17.8. The van der Waals surface area contributed by atoms with Crippen LogP contribution in [0.25, 0.3) is 0 Å². The standard InChI is InChI=1S/2C14H14F2NO2.2C5H5.Ti/c2*1-3-6-19-9-14(2)8-17(13(14)18)12-5-4-10(15)7-11(12)16;2*1-2-4-5-3-1;/h2*3-5H,1,6,8-9H2,2H3;2*1-3H,4H2;. The second-order valence-electron chi connectivity index (χ2n) is 13.4. The van der Waals surface area contributed by atoms with Gasteiger partial charge in [0, 0.05) is 0 Å². The second kappa shape index (κ2) is 13.5. The maximum atomic E-state index is 17.3. The van der Waals surface area contributed by atoms with Gasteiger partial charge in [-0.3, -0.25) is 0 Å². The van der Waals surface area contributed by atoms with Gasteiger partial charge in [0.15, 0.2) is 0 Å². The van der Waals surface area contributed by atoms with Crippen molar-refractivity contribution >= 4 is 30.9 Å². The fourth-order valence-electron chi connectivity index (χ4n) is 7.40. The van der Waals surface area contributed by atoms with Crippen LogP contribution in [0.15, 0.2) is 93.8 Å². The minimum atomic E-state index is -5.21. The summed E-state index contributed by atoms with van der Waals surface area (Å²) in [6.45, 7) is 11.5. The van der Waals surface area contributed by atoms with Crippen LogP contribution in [0.3, 0.4) is 0 Å². The molecule has 49 heavy (non-hydrogen) atoms. The van der Waals surface area contributed by atoms with Crippen LogP contribution in [0.2, 0.25) is 0 Å². The van der Waals surface area contributed by atoms with Crippen LogP contribution in [-0.4, -0.2) is 51.3 Å². The Morgan fingerprint density at radius 2 is 1.14 bits per heavy atom. The van der Waals surface area contributed by atoms with Crippen molar-refractivity contribution in [2.75, 3.05) is 49.3 Å². The average Bonchev–Trinajstić information content (AvgIpc) is 3.82. The third-order valence-electron chi connectivity index (χ3n) is 9.83. The van der Waals surface area contributed by atoms with Crippen molar-refractivity contribution in [1.82, 2.24) is 0 Å². The number of anilines is 2. The molecule has 0 N–H and O–H groups in total. The van der Waals surface area contributed by atoms with E-state index < -0.39 is 70.2 Å². The van der Waals surface area contributed by atoms with Crippen LogP contribution in [-0.2, 0) is 35.7 Å². The molecule has 4 aliphatic rings. The molecule has 2 heterocycles. The zero-order valence-electron chi connectivity index (χ0n) is 27.5. The van der Waals surface area contributed by atoms with Crippen LogP contribution < -0.4 is 17.5 Å². The van der Waals surface area contributed by atoms with Crippen molar-refractivity contribution < 1.29 is 53.2 Å². The van der Waals surface area contributed by atoms with E-state index >= 15 is 17.6 Å². The van der Waals surface area contributed by atoms with Gasteiger partial charge in [-0.1, -0.05) is 0 Å². The number of rotatable bonds is 14. The number of hydrogen-bond donors (Lipinski definition) is 0. The summed E-state index contributed by atoms with van der Waals surface area (Å²) in [6, 6.07) is 4.54. The molecular weight excluding hydrogens is 672 g/mol. The molecule has 2 amide bonds. The number of allylic oxidation sites excluding steroid dienone is 8. The first-order valence-corrected chi connectivity index (χ1v) is 19.3. The third kappa shape index (κ3) is 5.63. The van der Waals surface area contributed by atoms with Gasteiger partial charge in [0.1, 0.15) is 0 Å². The Bertz CT molecular complexity index is 1740. The molecule has 2 atom stereocenters. The predicted octanol–water partition coefficient (Wildman–Crippen LogP) is 6.15. The Morgan fingerprint density at radius 3 is 1.47 bits per heavy atom. The number of hydrogen-bond acceptors (Lipinski definition) is 4. The number of ether oxygens (including phenoxy) is 2. The van der Waals surface area contributed by atoms with Gasteiger partial charge in [-0.15, -0.1) is 0 Å². The van der Waals surface area contributed by atoms with Crippen LogP contribution in [0.5, 0.6) is 0 Å². The molecule has 256 valence electrons.